The van der Waals surface area contributed by atoms with Crippen LogP contribution in [0.2, 0.25) is 5.02 Å². The highest BCUT2D eigenvalue weighted by Gasteiger charge is 2.37. The van der Waals surface area contributed by atoms with Crippen LogP contribution in [0.4, 0.5) is 5.82 Å². The van der Waals surface area contributed by atoms with Gasteiger partial charge in [-0.25, -0.2) is 4.79 Å². The van der Waals surface area contributed by atoms with E-state index in [2.05, 4.69) is 9.51 Å². The molecule has 0 aliphatic carbocycles. The zero-order valence-electron chi connectivity index (χ0n) is 10.2. The smallest absolute Gasteiger partial charge is 0.382 e. The molecule has 0 spiro atoms. The zero-order chi connectivity index (χ0) is 14.9. The third kappa shape index (κ3) is 3.86. The summed E-state index contributed by atoms with van der Waals surface area (Å²) < 4.78 is 11.2. The monoisotopic (exact) mass is 326 g/mol. The topological polar surface area (TPSA) is 140 Å². The second-order valence-electron chi connectivity index (χ2n) is 4.26. The Morgan fingerprint density at radius 2 is 2.25 bits per heavy atom. The van der Waals surface area contributed by atoms with Crippen LogP contribution in [0.5, 0.6) is 0 Å². The minimum Gasteiger partial charge on any atom is -0.382 e. The highest BCUT2D eigenvalue weighted by atomic mass is 35.5. The van der Waals surface area contributed by atoms with Crippen LogP contribution in [-0.4, -0.2) is 36.9 Å². The Hall–Kier alpha value is -0.800. The van der Waals surface area contributed by atoms with Crippen LogP contribution in [-0.2, 0) is 9.26 Å². The summed E-state index contributed by atoms with van der Waals surface area (Å²) in [6, 6.07) is 0. The first-order valence-corrected chi connectivity index (χ1v) is 7.62. The third-order valence-corrected chi connectivity index (χ3v) is 3.55. The molecular weight excluding hydrogens is 313 g/mol. The molecule has 0 aromatic carbocycles. The second-order valence-corrected chi connectivity index (χ2v) is 5.96. The number of nitrogens with two attached hydrogens (primary N) is 1. The van der Waals surface area contributed by atoms with Gasteiger partial charge in [0.15, 0.2) is 0 Å². The molecule has 1 aromatic rings. The van der Waals surface area contributed by atoms with E-state index in [4.69, 9.17) is 36.8 Å². The lowest BCUT2D eigenvalue weighted by atomic mass is 10.2. The Morgan fingerprint density at radius 1 is 1.55 bits per heavy atom. The minimum absolute atomic E-state index is 0.0544. The van der Waals surface area contributed by atoms with Gasteiger partial charge in [-0.15, -0.1) is 0 Å². The van der Waals surface area contributed by atoms with Crippen molar-refractivity contribution in [1.82, 2.24) is 9.55 Å². The van der Waals surface area contributed by atoms with Crippen molar-refractivity contribution in [3.8, 4) is 0 Å². The zero-order valence-corrected chi connectivity index (χ0v) is 11.9. The Bertz CT molecular complexity index is 547. The molecule has 112 valence electrons. The van der Waals surface area contributed by atoms with Crippen LogP contribution in [0.1, 0.15) is 19.1 Å². The number of hydrogen-bond acceptors (Lipinski definition) is 8. The first-order valence-electron chi connectivity index (χ1n) is 5.68. The molecule has 2 unspecified atom stereocenters. The first-order chi connectivity index (χ1) is 9.26. The standard InChI is InChI=1S/C9H13ClN3O6P/c10-6-3-13(9(14)12-8(6)11)7-2-1-5(19-7)4-18-20(15,16)17/h3,5,7,15-17H,1-2,4H2,(H-,11,12,14)/p+1. The largest absolute Gasteiger partial charge is 0.567 e. The van der Waals surface area contributed by atoms with E-state index in [1.54, 1.807) is 0 Å². The van der Waals surface area contributed by atoms with Gasteiger partial charge in [-0.05, 0) is 12.8 Å². The van der Waals surface area contributed by atoms with Gasteiger partial charge in [0.2, 0.25) is 0 Å². The average Bonchev–Trinajstić information content (AvgIpc) is 2.79. The van der Waals surface area contributed by atoms with E-state index in [9.17, 15) is 4.79 Å². The van der Waals surface area contributed by atoms with Gasteiger partial charge in [0.1, 0.15) is 18.7 Å². The van der Waals surface area contributed by atoms with Crippen molar-refractivity contribution in [2.24, 2.45) is 0 Å². The van der Waals surface area contributed by atoms with Crippen LogP contribution in [0.25, 0.3) is 0 Å². The normalized spacial score (nSPS) is 23.2. The summed E-state index contributed by atoms with van der Waals surface area (Å²) in [4.78, 5) is 41.4. The summed E-state index contributed by atoms with van der Waals surface area (Å²) in [5.74, 6) is -0.0544. The summed E-state index contributed by atoms with van der Waals surface area (Å²) in [6.07, 6.45) is 1.27. The molecule has 2 atom stereocenters. The molecule has 0 amide bonds. The van der Waals surface area contributed by atoms with E-state index >= 15 is 0 Å². The number of ether oxygens (including phenoxy) is 1. The molecule has 20 heavy (non-hydrogen) atoms. The van der Waals surface area contributed by atoms with Crippen molar-refractivity contribution in [1.29, 1.82) is 0 Å². The maximum atomic E-state index is 11.7. The van der Waals surface area contributed by atoms with Gasteiger partial charge >= 0.3 is 13.9 Å². The molecule has 2 heterocycles. The van der Waals surface area contributed by atoms with Gasteiger partial charge in [0.05, 0.1) is 11.1 Å². The van der Waals surface area contributed by atoms with Crippen LogP contribution < -0.4 is 11.4 Å². The SMILES string of the molecule is Nc1nc(=O)n(C2CCC(CO[P+](O)(O)O)O2)cc1Cl. The quantitative estimate of drug-likeness (QED) is 0.559. The molecule has 0 radical (unpaired) electrons. The highest BCUT2D eigenvalue weighted by molar-refractivity contribution is 7.53. The summed E-state index contributed by atoms with van der Waals surface area (Å²) in [5.41, 5.74) is 4.82. The first kappa shape index (κ1) is 15.6. The van der Waals surface area contributed by atoms with Crippen molar-refractivity contribution in [3.05, 3.63) is 21.7 Å². The molecule has 0 bridgehead atoms. The number of nitrogen functional groups attached to an aromatic ring is 1. The van der Waals surface area contributed by atoms with Crippen LogP contribution in [0, 0.1) is 0 Å². The maximum absolute atomic E-state index is 11.7. The molecule has 1 saturated heterocycles. The van der Waals surface area contributed by atoms with Gasteiger partial charge in [-0.1, -0.05) is 11.6 Å². The minimum atomic E-state index is -4.28. The second kappa shape index (κ2) is 5.90. The number of aromatic nitrogens is 2. The van der Waals surface area contributed by atoms with E-state index < -0.39 is 26.2 Å². The Morgan fingerprint density at radius 3 is 2.90 bits per heavy atom. The number of halogens is 1. The molecule has 11 heteroatoms. The van der Waals surface area contributed by atoms with Crippen LogP contribution >= 0.6 is 19.8 Å². The Balaban J connectivity index is 2.03. The average molecular weight is 327 g/mol. The molecule has 5 N–H and O–H groups in total. The number of hydrogen-bond donors (Lipinski definition) is 4. The number of nitrogens with zero attached hydrogens (tertiary/aromatic N) is 2. The van der Waals surface area contributed by atoms with Crippen molar-refractivity contribution in [2.45, 2.75) is 25.2 Å². The highest BCUT2D eigenvalue weighted by Crippen LogP contribution is 2.46. The Labute approximate surface area is 119 Å². The van der Waals surface area contributed by atoms with Crippen LogP contribution in [0.15, 0.2) is 11.0 Å². The molecule has 1 aliphatic rings. The third-order valence-electron chi connectivity index (χ3n) is 2.76. The molecule has 2 rings (SSSR count). The van der Waals surface area contributed by atoms with Gasteiger partial charge < -0.3 is 10.5 Å². The van der Waals surface area contributed by atoms with E-state index in [1.807, 2.05) is 0 Å². The fraction of sp³-hybridized carbons (Fsp3) is 0.556. The molecular formula is C9H14ClN3O6P+. The van der Waals surface area contributed by atoms with Gasteiger partial charge in [-0.3, -0.25) is 4.57 Å². The van der Waals surface area contributed by atoms with Gasteiger partial charge in [0.25, 0.3) is 0 Å². The number of rotatable bonds is 4. The van der Waals surface area contributed by atoms with Crippen LogP contribution in [0.3, 0.4) is 0 Å². The van der Waals surface area contributed by atoms with Crippen molar-refractivity contribution in [2.75, 3.05) is 12.3 Å². The van der Waals surface area contributed by atoms with Gasteiger partial charge in [0, 0.05) is 6.20 Å². The summed E-state index contributed by atoms with van der Waals surface area (Å²) in [7, 11) is -4.28. The van der Waals surface area contributed by atoms with Crippen molar-refractivity contribution in [3.63, 3.8) is 0 Å². The maximum Gasteiger partial charge on any atom is 0.567 e. The lowest BCUT2D eigenvalue weighted by molar-refractivity contribution is -0.0270. The van der Waals surface area contributed by atoms with E-state index in [-0.39, 0.29) is 17.4 Å². The predicted octanol–water partition coefficient (Wildman–Crippen LogP) is -0.172. The fourth-order valence-corrected chi connectivity index (χ4v) is 2.37. The lowest BCUT2D eigenvalue weighted by Gasteiger charge is -2.15. The van der Waals surface area contributed by atoms with E-state index in [0.717, 1.165) is 0 Å². The molecule has 1 aliphatic heterocycles. The van der Waals surface area contributed by atoms with E-state index in [1.165, 1.54) is 10.8 Å². The molecule has 0 saturated carbocycles. The number of anilines is 1. The van der Waals surface area contributed by atoms with E-state index in [0.29, 0.717) is 12.8 Å². The predicted molar refractivity (Wildman–Crippen MR) is 70.6 cm³/mol. The molecule has 9 nitrogen and oxygen atoms in total. The summed E-state index contributed by atoms with van der Waals surface area (Å²) in [6.45, 7) is -0.196. The summed E-state index contributed by atoms with van der Waals surface area (Å²) >= 11 is 5.80. The summed E-state index contributed by atoms with van der Waals surface area (Å²) in [5, 5.41) is 0.138. The lowest BCUT2D eigenvalue weighted by Crippen LogP contribution is -2.28. The fourth-order valence-electron chi connectivity index (χ4n) is 1.86. The molecule has 1 fully saturated rings. The van der Waals surface area contributed by atoms with Crippen molar-refractivity contribution < 1.29 is 23.9 Å². The van der Waals surface area contributed by atoms with Gasteiger partial charge in [-0.2, -0.15) is 24.2 Å². The van der Waals surface area contributed by atoms with Crippen molar-refractivity contribution >= 4 is 25.6 Å². The molecule has 1 aromatic heterocycles. The Kier molecular flexibility index (Phi) is 4.60.